The molecule has 4 nitrogen and oxygen atoms in total. The molecule has 1 aliphatic heterocycles. The lowest BCUT2D eigenvalue weighted by Gasteiger charge is -2.34. The van der Waals surface area contributed by atoms with Gasteiger partial charge in [-0.25, -0.2) is 8.42 Å². The van der Waals surface area contributed by atoms with E-state index in [1.165, 1.54) is 0 Å². The zero-order valence-corrected chi connectivity index (χ0v) is 15.1. The fourth-order valence-corrected chi connectivity index (χ4v) is 4.72. The van der Waals surface area contributed by atoms with Crippen LogP contribution in [-0.4, -0.2) is 43.8 Å². The van der Waals surface area contributed by atoms with Gasteiger partial charge in [-0.05, 0) is 49.5 Å². The quantitative estimate of drug-likeness (QED) is 0.862. The van der Waals surface area contributed by atoms with Crippen molar-refractivity contribution in [1.82, 2.24) is 4.90 Å². The van der Waals surface area contributed by atoms with E-state index in [4.69, 9.17) is 0 Å². The van der Waals surface area contributed by atoms with Gasteiger partial charge in [0.15, 0.2) is 9.84 Å². The zero-order chi connectivity index (χ0) is 17.7. The van der Waals surface area contributed by atoms with Crippen molar-refractivity contribution in [2.45, 2.75) is 23.8 Å². The summed E-state index contributed by atoms with van der Waals surface area (Å²) in [4.78, 5) is 2.58. The van der Waals surface area contributed by atoms with Gasteiger partial charge in [0.25, 0.3) is 0 Å². The van der Waals surface area contributed by atoms with Crippen LogP contribution in [0.15, 0.2) is 65.6 Å². The lowest BCUT2D eigenvalue weighted by Crippen LogP contribution is -2.38. The SMILES string of the molecule is O=S(=O)(CCN1CCC([C@@H](O)c2ccccc2)CC1)c1ccccc1. The fourth-order valence-electron chi connectivity index (χ4n) is 3.41. The van der Waals surface area contributed by atoms with Crippen molar-refractivity contribution in [3.8, 4) is 0 Å². The van der Waals surface area contributed by atoms with Crippen LogP contribution in [0.3, 0.4) is 0 Å². The summed E-state index contributed by atoms with van der Waals surface area (Å²) in [7, 11) is -3.22. The number of likely N-dealkylation sites (tertiary alicyclic amines) is 1. The molecule has 1 saturated heterocycles. The van der Waals surface area contributed by atoms with Crippen LogP contribution >= 0.6 is 0 Å². The van der Waals surface area contributed by atoms with Crippen LogP contribution in [-0.2, 0) is 9.84 Å². The molecule has 3 rings (SSSR count). The van der Waals surface area contributed by atoms with Gasteiger partial charge in [-0.2, -0.15) is 0 Å². The molecule has 2 aromatic carbocycles. The molecular formula is C20H25NO3S. The van der Waals surface area contributed by atoms with Gasteiger partial charge in [0, 0.05) is 6.54 Å². The predicted octanol–water partition coefficient (Wildman–Crippen LogP) is 2.91. The minimum Gasteiger partial charge on any atom is -0.388 e. The Kier molecular flexibility index (Phi) is 5.89. The minimum atomic E-state index is -3.22. The van der Waals surface area contributed by atoms with Crippen LogP contribution in [0, 0.1) is 5.92 Å². The van der Waals surface area contributed by atoms with Crippen LogP contribution in [0.25, 0.3) is 0 Å². The van der Waals surface area contributed by atoms with Gasteiger partial charge in [0.1, 0.15) is 0 Å². The first kappa shape index (κ1) is 18.1. The van der Waals surface area contributed by atoms with E-state index < -0.39 is 15.9 Å². The van der Waals surface area contributed by atoms with Crippen LogP contribution in [0.4, 0.5) is 0 Å². The Morgan fingerprint density at radius 2 is 1.52 bits per heavy atom. The van der Waals surface area contributed by atoms with Gasteiger partial charge in [0.05, 0.1) is 16.8 Å². The molecule has 1 fully saturated rings. The number of aliphatic hydroxyl groups excluding tert-OH is 1. The maximum atomic E-state index is 12.4. The Balaban J connectivity index is 1.50. The first-order valence-electron chi connectivity index (χ1n) is 8.79. The van der Waals surface area contributed by atoms with E-state index in [-0.39, 0.29) is 11.7 Å². The second-order valence-corrected chi connectivity index (χ2v) is 8.78. The van der Waals surface area contributed by atoms with Gasteiger partial charge in [-0.1, -0.05) is 48.5 Å². The van der Waals surface area contributed by atoms with Crippen molar-refractivity contribution in [3.63, 3.8) is 0 Å². The minimum absolute atomic E-state index is 0.142. The van der Waals surface area contributed by atoms with Crippen molar-refractivity contribution in [3.05, 3.63) is 66.2 Å². The van der Waals surface area contributed by atoms with Crippen LogP contribution in [0.1, 0.15) is 24.5 Å². The van der Waals surface area contributed by atoms with Crippen molar-refractivity contribution in [2.75, 3.05) is 25.4 Å². The summed E-state index contributed by atoms with van der Waals surface area (Å²) in [5.74, 6) is 0.382. The average molecular weight is 359 g/mol. The monoisotopic (exact) mass is 359 g/mol. The zero-order valence-electron chi connectivity index (χ0n) is 14.3. The number of rotatable bonds is 6. The van der Waals surface area contributed by atoms with E-state index in [9.17, 15) is 13.5 Å². The van der Waals surface area contributed by atoms with E-state index in [1.807, 2.05) is 36.4 Å². The summed E-state index contributed by atoms with van der Waals surface area (Å²) in [6, 6.07) is 18.4. The van der Waals surface area contributed by atoms with E-state index in [0.717, 1.165) is 31.5 Å². The lowest BCUT2D eigenvalue weighted by molar-refractivity contribution is 0.0606. The molecule has 0 aromatic heterocycles. The Bertz CT molecular complexity index is 754. The molecule has 0 saturated carbocycles. The Morgan fingerprint density at radius 1 is 0.960 bits per heavy atom. The lowest BCUT2D eigenvalue weighted by atomic mass is 9.87. The summed E-state index contributed by atoms with van der Waals surface area (Å²) < 4.78 is 24.7. The molecule has 1 aliphatic rings. The molecule has 134 valence electrons. The Labute approximate surface area is 150 Å². The third kappa shape index (κ3) is 4.69. The second-order valence-electron chi connectivity index (χ2n) is 6.67. The normalized spacial score (nSPS) is 18.1. The third-order valence-electron chi connectivity index (χ3n) is 5.00. The number of benzene rings is 2. The summed E-state index contributed by atoms with van der Waals surface area (Å²) >= 11 is 0. The van der Waals surface area contributed by atoms with Crippen LogP contribution in [0.2, 0.25) is 0 Å². The molecule has 0 amide bonds. The molecule has 0 bridgehead atoms. The van der Waals surface area contributed by atoms with E-state index in [2.05, 4.69) is 4.90 Å². The maximum absolute atomic E-state index is 12.4. The summed E-state index contributed by atoms with van der Waals surface area (Å²) in [6.45, 7) is 2.21. The highest BCUT2D eigenvalue weighted by atomic mass is 32.2. The molecule has 0 radical (unpaired) electrons. The molecule has 1 N–H and O–H groups in total. The summed E-state index contributed by atoms with van der Waals surface area (Å²) in [5.41, 5.74) is 0.965. The molecule has 0 unspecified atom stereocenters. The van der Waals surface area contributed by atoms with Gasteiger partial charge >= 0.3 is 0 Å². The second kappa shape index (κ2) is 8.13. The van der Waals surface area contributed by atoms with E-state index >= 15 is 0 Å². The molecular weight excluding hydrogens is 334 g/mol. The standard InChI is InChI=1S/C20H25NO3S/c22-20(17-7-3-1-4-8-17)18-11-13-21(14-12-18)15-16-25(23,24)19-9-5-2-6-10-19/h1-10,18,20,22H,11-16H2/t20-/m0/s1. The van der Waals surface area contributed by atoms with Crippen LogP contribution < -0.4 is 0 Å². The molecule has 2 aromatic rings. The molecule has 5 heteroatoms. The topological polar surface area (TPSA) is 57.6 Å². The Morgan fingerprint density at radius 3 is 2.12 bits per heavy atom. The highest BCUT2D eigenvalue weighted by Gasteiger charge is 2.27. The van der Waals surface area contributed by atoms with Crippen molar-refractivity contribution in [2.24, 2.45) is 5.92 Å². The van der Waals surface area contributed by atoms with Crippen molar-refractivity contribution in [1.29, 1.82) is 0 Å². The van der Waals surface area contributed by atoms with Crippen molar-refractivity contribution >= 4 is 9.84 Å². The van der Waals surface area contributed by atoms with Gasteiger partial charge in [-0.15, -0.1) is 0 Å². The van der Waals surface area contributed by atoms with Gasteiger partial charge < -0.3 is 10.0 Å². The average Bonchev–Trinajstić information content (AvgIpc) is 2.68. The third-order valence-corrected chi connectivity index (χ3v) is 6.71. The molecule has 1 atom stereocenters. The van der Waals surface area contributed by atoms with E-state index in [0.29, 0.717) is 11.4 Å². The Hall–Kier alpha value is -1.69. The van der Waals surface area contributed by atoms with E-state index in [1.54, 1.807) is 24.3 Å². The van der Waals surface area contributed by atoms with Crippen molar-refractivity contribution < 1.29 is 13.5 Å². The first-order valence-corrected chi connectivity index (χ1v) is 10.4. The number of nitrogens with zero attached hydrogens (tertiary/aromatic N) is 1. The first-order chi connectivity index (χ1) is 12.1. The van der Waals surface area contributed by atoms with Gasteiger partial charge in [-0.3, -0.25) is 0 Å². The molecule has 25 heavy (non-hydrogen) atoms. The summed E-state index contributed by atoms with van der Waals surface area (Å²) in [5, 5.41) is 10.5. The smallest absolute Gasteiger partial charge is 0.179 e. The number of sulfone groups is 1. The number of aliphatic hydroxyl groups is 1. The predicted molar refractivity (Wildman–Crippen MR) is 99.1 cm³/mol. The molecule has 0 aliphatic carbocycles. The molecule has 0 spiro atoms. The number of piperidine rings is 1. The molecule has 1 heterocycles. The fraction of sp³-hybridized carbons (Fsp3) is 0.400. The highest BCUT2D eigenvalue weighted by Crippen LogP contribution is 2.30. The maximum Gasteiger partial charge on any atom is 0.179 e. The number of hydrogen-bond acceptors (Lipinski definition) is 4. The highest BCUT2D eigenvalue weighted by molar-refractivity contribution is 7.91. The number of hydrogen-bond donors (Lipinski definition) is 1. The van der Waals surface area contributed by atoms with Gasteiger partial charge in [0.2, 0.25) is 0 Å². The summed E-state index contributed by atoms with van der Waals surface area (Å²) in [6.07, 6.45) is 1.35. The largest absolute Gasteiger partial charge is 0.388 e. The van der Waals surface area contributed by atoms with Crippen LogP contribution in [0.5, 0.6) is 0 Å².